The largest absolute Gasteiger partial charge is 0.343 e. The Morgan fingerprint density at radius 3 is 2.81 bits per heavy atom. The number of hydrogen-bond acceptors (Lipinski definition) is 4. The Morgan fingerprint density at radius 2 is 2.10 bits per heavy atom. The molecule has 7 heteroatoms. The van der Waals surface area contributed by atoms with Crippen LogP contribution in [0.15, 0.2) is 41.5 Å². The van der Waals surface area contributed by atoms with Crippen LogP contribution in [0.25, 0.3) is 10.8 Å². The third-order valence-corrected chi connectivity index (χ3v) is 3.24. The number of aryl methyl sites for hydroxylation is 1. The number of amides is 1. The van der Waals surface area contributed by atoms with Crippen LogP contribution in [0.3, 0.4) is 0 Å². The molecule has 3 aromatic rings. The van der Waals surface area contributed by atoms with E-state index >= 15 is 0 Å². The van der Waals surface area contributed by atoms with Crippen molar-refractivity contribution in [2.45, 2.75) is 6.54 Å². The molecule has 0 radical (unpaired) electrons. The van der Waals surface area contributed by atoms with E-state index in [9.17, 15) is 9.59 Å². The van der Waals surface area contributed by atoms with E-state index in [1.165, 1.54) is 0 Å². The molecule has 106 valence electrons. The standard InChI is InChI=1S/C14H13N5O2/c1-19-7-6-15-11(19)8-16-14(21)12-9-4-2-3-5-10(9)13(20)18-17-12/h2-7H,8H2,1H3,(H,16,21)(H,18,20). The van der Waals surface area contributed by atoms with Gasteiger partial charge in [-0.25, -0.2) is 10.1 Å². The van der Waals surface area contributed by atoms with Crippen LogP contribution >= 0.6 is 0 Å². The van der Waals surface area contributed by atoms with Crippen LogP contribution < -0.4 is 10.9 Å². The number of carbonyl (C=O) groups is 1. The van der Waals surface area contributed by atoms with Crippen LogP contribution in [-0.4, -0.2) is 25.7 Å². The second-order valence-electron chi connectivity index (χ2n) is 4.58. The molecule has 1 amide bonds. The molecule has 0 saturated carbocycles. The SMILES string of the molecule is Cn1ccnc1CNC(=O)c1n[nH]c(=O)c2ccccc12. The number of aromatic amines is 1. The van der Waals surface area contributed by atoms with Crippen molar-refractivity contribution in [1.29, 1.82) is 0 Å². The number of imidazole rings is 1. The zero-order chi connectivity index (χ0) is 14.8. The molecule has 0 aliphatic carbocycles. The van der Waals surface area contributed by atoms with E-state index in [0.29, 0.717) is 10.8 Å². The average molecular weight is 283 g/mol. The number of nitrogens with zero attached hydrogens (tertiary/aromatic N) is 3. The number of aromatic nitrogens is 4. The van der Waals surface area contributed by atoms with E-state index in [1.807, 2.05) is 11.6 Å². The van der Waals surface area contributed by atoms with Crippen molar-refractivity contribution in [2.24, 2.45) is 7.05 Å². The topological polar surface area (TPSA) is 92.7 Å². The van der Waals surface area contributed by atoms with Crippen molar-refractivity contribution in [3.63, 3.8) is 0 Å². The Morgan fingerprint density at radius 1 is 1.33 bits per heavy atom. The van der Waals surface area contributed by atoms with Crippen LogP contribution in [-0.2, 0) is 13.6 Å². The minimum atomic E-state index is -0.356. The highest BCUT2D eigenvalue weighted by Gasteiger charge is 2.14. The van der Waals surface area contributed by atoms with E-state index in [0.717, 1.165) is 5.82 Å². The average Bonchev–Trinajstić information content (AvgIpc) is 2.91. The molecular formula is C14H13N5O2. The Balaban J connectivity index is 1.90. The number of nitrogens with one attached hydrogen (secondary N) is 2. The zero-order valence-corrected chi connectivity index (χ0v) is 11.3. The highest BCUT2D eigenvalue weighted by molar-refractivity contribution is 6.04. The first kappa shape index (κ1) is 13.0. The predicted molar refractivity (Wildman–Crippen MR) is 76.7 cm³/mol. The lowest BCUT2D eigenvalue weighted by molar-refractivity contribution is 0.0945. The van der Waals surface area contributed by atoms with Gasteiger partial charge in [-0.1, -0.05) is 18.2 Å². The monoisotopic (exact) mass is 283 g/mol. The molecule has 0 fully saturated rings. The summed E-state index contributed by atoms with van der Waals surface area (Å²) in [6, 6.07) is 6.87. The van der Waals surface area contributed by atoms with Gasteiger partial charge in [0.25, 0.3) is 11.5 Å². The van der Waals surface area contributed by atoms with Gasteiger partial charge in [-0.3, -0.25) is 9.59 Å². The second kappa shape index (κ2) is 5.20. The minimum Gasteiger partial charge on any atom is -0.343 e. The summed E-state index contributed by atoms with van der Waals surface area (Å²) in [7, 11) is 1.85. The molecule has 0 aliphatic rings. The molecule has 0 unspecified atom stereocenters. The van der Waals surface area contributed by atoms with Gasteiger partial charge in [0.05, 0.1) is 11.9 Å². The zero-order valence-electron chi connectivity index (χ0n) is 11.3. The Hall–Kier alpha value is -2.96. The maximum absolute atomic E-state index is 12.2. The number of benzene rings is 1. The molecule has 1 aromatic carbocycles. The van der Waals surface area contributed by atoms with Gasteiger partial charge in [-0.15, -0.1) is 0 Å². The Bertz CT molecular complexity index is 865. The summed E-state index contributed by atoms with van der Waals surface area (Å²) in [6.07, 6.45) is 3.46. The quantitative estimate of drug-likeness (QED) is 0.735. The first-order valence-electron chi connectivity index (χ1n) is 6.38. The van der Waals surface area contributed by atoms with E-state index in [1.54, 1.807) is 36.7 Å². The van der Waals surface area contributed by atoms with Crippen molar-refractivity contribution in [1.82, 2.24) is 25.1 Å². The van der Waals surface area contributed by atoms with E-state index in [4.69, 9.17) is 0 Å². The van der Waals surface area contributed by atoms with Crippen molar-refractivity contribution in [3.05, 3.63) is 58.5 Å². The smallest absolute Gasteiger partial charge is 0.272 e. The molecule has 2 heterocycles. The van der Waals surface area contributed by atoms with Crippen LogP contribution in [0.2, 0.25) is 0 Å². The lowest BCUT2D eigenvalue weighted by atomic mass is 10.1. The van der Waals surface area contributed by atoms with Gasteiger partial charge in [0.15, 0.2) is 5.69 Å². The lowest BCUT2D eigenvalue weighted by Gasteiger charge is -2.06. The fraction of sp³-hybridized carbons (Fsp3) is 0.143. The van der Waals surface area contributed by atoms with Crippen LogP contribution in [0, 0.1) is 0 Å². The van der Waals surface area contributed by atoms with Crippen molar-refractivity contribution in [3.8, 4) is 0 Å². The molecule has 0 aliphatic heterocycles. The molecule has 0 atom stereocenters. The third kappa shape index (κ3) is 2.40. The van der Waals surface area contributed by atoms with Crippen molar-refractivity contribution < 1.29 is 4.79 Å². The number of carbonyl (C=O) groups excluding carboxylic acids is 1. The molecular weight excluding hydrogens is 270 g/mol. The predicted octanol–water partition coefficient (Wildman–Crippen LogP) is 0.587. The highest BCUT2D eigenvalue weighted by Crippen LogP contribution is 2.12. The van der Waals surface area contributed by atoms with Gasteiger partial charge < -0.3 is 9.88 Å². The summed E-state index contributed by atoms with van der Waals surface area (Å²) in [5, 5.41) is 9.91. The fourth-order valence-corrected chi connectivity index (χ4v) is 2.10. The molecule has 2 N–H and O–H groups in total. The maximum Gasteiger partial charge on any atom is 0.272 e. The third-order valence-electron chi connectivity index (χ3n) is 3.24. The van der Waals surface area contributed by atoms with Gasteiger partial charge in [-0.2, -0.15) is 5.10 Å². The summed E-state index contributed by atoms with van der Waals surface area (Å²) in [5.74, 6) is 0.377. The normalized spacial score (nSPS) is 10.7. The molecule has 21 heavy (non-hydrogen) atoms. The molecule has 7 nitrogen and oxygen atoms in total. The van der Waals surface area contributed by atoms with Gasteiger partial charge >= 0.3 is 0 Å². The molecule has 3 rings (SSSR count). The molecule has 2 aromatic heterocycles. The number of hydrogen-bond donors (Lipinski definition) is 2. The van der Waals surface area contributed by atoms with Crippen LogP contribution in [0.1, 0.15) is 16.3 Å². The van der Waals surface area contributed by atoms with E-state index in [2.05, 4.69) is 20.5 Å². The maximum atomic E-state index is 12.2. The summed E-state index contributed by atoms with van der Waals surface area (Å²) in [6.45, 7) is 0.289. The first-order chi connectivity index (χ1) is 10.2. The second-order valence-corrected chi connectivity index (χ2v) is 4.58. The number of H-pyrrole nitrogens is 1. The first-order valence-corrected chi connectivity index (χ1v) is 6.38. The van der Waals surface area contributed by atoms with Crippen LogP contribution in [0.4, 0.5) is 0 Å². The number of fused-ring (bicyclic) bond motifs is 1. The van der Waals surface area contributed by atoms with E-state index in [-0.39, 0.29) is 23.7 Å². The highest BCUT2D eigenvalue weighted by atomic mass is 16.2. The number of rotatable bonds is 3. The molecule has 0 spiro atoms. The van der Waals surface area contributed by atoms with Crippen LogP contribution in [0.5, 0.6) is 0 Å². The van der Waals surface area contributed by atoms with Gasteiger partial charge in [0.2, 0.25) is 0 Å². The van der Waals surface area contributed by atoms with Gasteiger partial charge in [-0.05, 0) is 6.07 Å². The summed E-state index contributed by atoms with van der Waals surface area (Å²) >= 11 is 0. The summed E-state index contributed by atoms with van der Waals surface area (Å²) < 4.78 is 1.82. The van der Waals surface area contributed by atoms with Gasteiger partial charge in [0, 0.05) is 24.8 Å². The minimum absolute atomic E-state index is 0.194. The fourth-order valence-electron chi connectivity index (χ4n) is 2.10. The Labute approximate surface area is 119 Å². The molecule has 0 saturated heterocycles. The summed E-state index contributed by atoms with van der Waals surface area (Å²) in [5.41, 5.74) is -0.120. The van der Waals surface area contributed by atoms with Gasteiger partial charge in [0.1, 0.15) is 5.82 Å². The van der Waals surface area contributed by atoms with Crippen molar-refractivity contribution in [2.75, 3.05) is 0 Å². The Kier molecular flexibility index (Phi) is 3.23. The summed E-state index contributed by atoms with van der Waals surface area (Å²) in [4.78, 5) is 28.1. The molecule has 0 bridgehead atoms. The van der Waals surface area contributed by atoms with E-state index < -0.39 is 0 Å². The van der Waals surface area contributed by atoms with Crippen molar-refractivity contribution >= 4 is 16.7 Å². The lowest BCUT2D eigenvalue weighted by Crippen LogP contribution is -2.27.